The largest absolute Gasteiger partial charge is 0.347 e. The first-order valence-electron chi connectivity index (χ1n) is 9.31. The molecule has 5 rings (SSSR count). The highest BCUT2D eigenvalue weighted by molar-refractivity contribution is 6.09. The number of nitrogens with one attached hydrogen (secondary N) is 1. The number of nitrogens with zero attached hydrogens (tertiary/aromatic N) is 3. The Morgan fingerprint density at radius 2 is 1.61 bits per heavy atom. The number of H-pyrrole nitrogens is 1. The summed E-state index contributed by atoms with van der Waals surface area (Å²) < 4.78 is 2.24. The summed E-state index contributed by atoms with van der Waals surface area (Å²) in [7, 11) is 2.11. The number of hydrogen-bond acceptors (Lipinski definition) is 2. The molecule has 0 saturated carbocycles. The van der Waals surface area contributed by atoms with Gasteiger partial charge in [0.05, 0.1) is 11.9 Å². The fourth-order valence-corrected chi connectivity index (χ4v) is 3.68. The number of fused-ring (bicyclic) bond motifs is 3. The third kappa shape index (κ3) is 2.76. The van der Waals surface area contributed by atoms with Gasteiger partial charge in [0.25, 0.3) is 0 Å². The molecule has 0 atom stereocenters. The van der Waals surface area contributed by atoms with Crippen molar-refractivity contribution >= 4 is 39.5 Å². The summed E-state index contributed by atoms with van der Waals surface area (Å²) in [5.41, 5.74) is 4.54. The van der Waals surface area contributed by atoms with E-state index in [2.05, 4.69) is 59.1 Å². The Morgan fingerprint density at radius 1 is 0.821 bits per heavy atom. The number of benzene rings is 3. The van der Waals surface area contributed by atoms with E-state index in [1.54, 1.807) is 0 Å². The van der Waals surface area contributed by atoms with Crippen LogP contribution in [0, 0.1) is 0 Å². The summed E-state index contributed by atoms with van der Waals surface area (Å²) >= 11 is 0. The molecule has 0 radical (unpaired) electrons. The molecule has 0 saturated heterocycles. The zero-order valence-electron chi connectivity index (χ0n) is 15.6. The molecule has 0 fully saturated rings. The van der Waals surface area contributed by atoms with E-state index in [1.165, 1.54) is 21.8 Å². The van der Waals surface area contributed by atoms with E-state index in [0.717, 1.165) is 17.1 Å². The first kappa shape index (κ1) is 16.4. The van der Waals surface area contributed by atoms with E-state index in [1.807, 2.05) is 59.9 Å². The highest BCUT2D eigenvalue weighted by atomic mass is 15.5. The second-order valence-electron chi connectivity index (χ2n) is 6.80. The molecule has 5 aromatic rings. The average Bonchev–Trinajstić information content (AvgIpc) is 3.37. The highest BCUT2D eigenvalue weighted by Crippen LogP contribution is 2.29. The minimum Gasteiger partial charge on any atom is -0.347 e. The van der Waals surface area contributed by atoms with Gasteiger partial charge in [-0.2, -0.15) is 5.10 Å². The standard InChI is InChI=1S/C24H20N4/c1-27-22-11-6-5-10-20(22)21-16-18(13-14-23(21)27)17-26-28(24-12-7-15-25-24)19-8-3-2-4-9-19/h2-17,25H,1H3/b26-17-. The van der Waals surface area contributed by atoms with Crippen LogP contribution in [0.5, 0.6) is 0 Å². The summed E-state index contributed by atoms with van der Waals surface area (Å²) in [5, 5.41) is 9.19. The van der Waals surface area contributed by atoms with Crippen LogP contribution in [0.1, 0.15) is 5.56 Å². The van der Waals surface area contributed by atoms with E-state index >= 15 is 0 Å². The van der Waals surface area contributed by atoms with Crippen molar-refractivity contribution in [3.8, 4) is 0 Å². The molecule has 0 unspecified atom stereocenters. The molecule has 1 N–H and O–H groups in total. The van der Waals surface area contributed by atoms with Gasteiger partial charge < -0.3 is 9.55 Å². The molecule has 136 valence electrons. The molecular weight excluding hydrogens is 344 g/mol. The van der Waals surface area contributed by atoms with Gasteiger partial charge in [-0.3, -0.25) is 0 Å². The number of rotatable bonds is 4. The van der Waals surface area contributed by atoms with Crippen LogP contribution in [0.25, 0.3) is 21.8 Å². The van der Waals surface area contributed by atoms with Gasteiger partial charge in [0.2, 0.25) is 0 Å². The Hall–Kier alpha value is -3.79. The number of hydrazone groups is 1. The fourth-order valence-electron chi connectivity index (χ4n) is 3.68. The van der Waals surface area contributed by atoms with Crippen LogP contribution in [-0.2, 0) is 7.05 Å². The Balaban J connectivity index is 1.58. The first-order chi connectivity index (χ1) is 13.8. The molecule has 0 spiro atoms. The zero-order chi connectivity index (χ0) is 18.9. The molecule has 0 aliphatic rings. The lowest BCUT2D eigenvalue weighted by Crippen LogP contribution is -2.09. The van der Waals surface area contributed by atoms with Crippen molar-refractivity contribution in [2.24, 2.45) is 12.1 Å². The molecule has 4 heteroatoms. The molecule has 3 aromatic carbocycles. The lowest BCUT2D eigenvalue weighted by Gasteiger charge is -2.17. The molecule has 28 heavy (non-hydrogen) atoms. The molecule has 0 amide bonds. The van der Waals surface area contributed by atoms with Crippen LogP contribution in [0.3, 0.4) is 0 Å². The van der Waals surface area contributed by atoms with E-state index in [9.17, 15) is 0 Å². The maximum Gasteiger partial charge on any atom is 0.132 e. The normalized spacial score (nSPS) is 11.6. The summed E-state index contributed by atoms with van der Waals surface area (Å²) in [6.45, 7) is 0. The van der Waals surface area contributed by atoms with Crippen LogP contribution in [-0.4, -0.2) is 15.8 Å². The van der Waals surface area contributed by atoms with Crippen LogP contribution < -0.4 is 5.01 Å². The minimum atomic E-state index is 0.925. The average molecular weight is 364 g/mol. The van der Waals surface area contributed by atoms with Crippen molar-refractivity contribution in [1.82, 2.24) is 9.55 Å². The Morgan fingerprint density at radius 3 is 2.43 bits per heavy atom. The van der Waals surface area contributed by atoms with Crippen molar-refractivity contribution in [2.75, 3.05) is 5.01 Å². The van der Waals surface area contributed by atoms with Crippen LogP contribution in [0.4, 0.5) is 11.5 Å². The summed E-state index contributed by atoms with van der Waals surface area (Å²) in [5.74, 6) is 0.925. The van der Waals surface area contributed by atoms with Gasteiger partial charge in [-0.1, -0.05) is 42.5 Å². The fraction of sp³-hybridized carbons (Fsp3) is 0.0417. The molecular formula is C24H20N4. The zero-order valence-corrected chi connectivity index (χ0v) is 15.6. The number of para-hydroxylation sites is 2. The van der Waals surface area contributed by atoms with Crippen molar-refractivity contribution in [3.05, 3.63) is 96.7 Å². The number of aromatic amines is 1. The third-order valence-corrected chi connectivity index (χ3v) is 5.07. The van der Waals surface area contributed by atoms with Crippen molar-refractivity contribution in [3.63, 3.8) is 0 Å². The van der Waals surface area contributed by atoms with Gasteiger partial charge in [-0.25, -0.2) is 5.01 Å². The Labute approximate surface area is 163 Å². The first-order valence-corrected chi connectivity index (χ1v) is 9.31. The molecule has 2 aromatic heterocycles. The lowest BCUT2D eigenvalue weighted by molar-refractivity contribution is 1.01. The summed E-state index contributed by atoms with van der Waals surface area (Å²) in [6.07, 6.45) is 3.82. The monoisotopic (exact) mass is 364 g/mol. The van der Waals surface area contributed by atoms with E-state index in [-0.39, 0.29) is 0 Å². The molecule has 4 nitrogen and oxygen atoms in total. The molecule has 0 aliphatic heterocycles. The van der Waals surface area contributed by atoms with Crippen molar-refractivity contribution < 1.29 is 0 Å². The van der Waals surface area contributed by atoms with Gasteiger partial charge in [-0.15, -0.1) is 0 Å². The van der Waals surface area contributed by atoms with Gasteiger partial charge in [-0.05, 0) is 48.0 Å². The number of aromatic nitrogens is 2. The van der Waals surface area contributed by atoms with Gasteiger partial charge in [0.15, 0.2) is 0 Å². The van der Waals surface area contributed by atoms with Crippen LogP contribution in [0.2, 0.25) is 0 Å². The lowest BCUT2D eigenvalue weighted by atomic mass is 10.1. The van der Waals surface area contributed by atoms with E-state index < -0.39 is 0 Å². The third-order valence-electron chi connectivity index (χ3n) is 5.07. The molecule has 0 aliphatic carbocycles. The topological polar surface area (TPSA) is 36.3 Å². The Bertz CT molecular complexity index is 1260. The van der Waals surface area contributed by atoms with Gasteiger partial charge in [0.1, 0.15) is 5.82 Å². The molecule has 0 bridgehead atoms. The number of hydrogen-bond donors (Lipinski definition) is 1. The van der Waals surface area contributed by atoms with Gasteiger partial charge >= 0.3 is 0 Å². The maximum atomic E-state index is 4.77. The smallest absolute Gasteiger partial charge is 0.132 e. The predicted molar refractivity (Wildman–Crippen MR) is 117 cm³/mol. The second kappa shape index (κ2) is 6.74. The minimum absolute atomic E-state index is 0.925. The van der Waals surface area contributed by atoms with Crippen LogP contribution >= 0.6 is 0 Å². The Kier molecular flexibility index (Phi) is 3.95. The summed E-state index contributed by atoms with van der Waals surface area (Å²) in [4.78, 5) is 3.24. The van der Waals surface area contributed by atoms with Crippen molar-refractivity contribution in [1.29, 1.82) is 0 Å². The second-order valence-corrected chi connectivity index (χ2v) is 6.80. The number of aryl methyl sites for hydroxylation is 1. The van der Waals surface area contributed by atoms with E-state index in [4.69, 9.17) is 5.10 Å². The van der Waals surface area contributed by atoms with Crippen LogP contribution in [0.15, 0.2) is 96.2 Å². The number of anilines is 2. The summed E-state index contributed by atoms with van der Waals surface area (Å²) in [6, 6.07) is 29.1. The predicted octanol–water partition coefficient (Wildman–Crippen LogP) is 5.83. The SMILES string of the molecule is Cn1c2ccccc2c2cc(/C=N\N(c3ccccc3)c3ccc[nH]3)ccc21. The molecule has 2 heterocycles. The van der Waals surface area contributed by atoms with Gasteiger partial charge in [0, 0.05) is 35.1 Å². The van der Waals surface area contributed by atoms with Crippen molar-refractivity contribution in [2.45, 2.75) is 0 Å². The van der Waals surface area contributed by atoms with E-state index in [0.29, 0.717) is 0 Å². The highest BCUT2D eigenvalue weighted by Gasteiger charge is 2.09. The quantitative estimate of drug-likeness (QED) is 0.316. The maximum absolute atomic E-state index is 4.77.